The second kappa shape index (κ2) is 7.62. The van der Waals surface area contributed by atoms with E-state index in [0.717, 1.165) is 12.1 Å². The lowest BCUT2D eigenvalue weighted by Gasteiger charge is -2.11. The molecule has 0 saturated heterocycles. The van der Waals surface area contributed by atoms with Crippen molar-refractivity contribution in [3.8, 4) is 5.69 Å². The molecular weight excluding hydrogens is 278 g/mol. The fourth-order valence-corrected chi connectivity index (χ4v) is 1.70. The van der Waals surface area contributed by atoms with Crippen LogP contribution in [0.1, 0.15) is 19.8 Å². The van der Waals surface area contributed by atoms with Gasteiger partial charge in [0.25, 0.3) is 0 Å². The summed E-state index contributed by atoms with van der Waals surface area (Å²) in [7, 11) is 0. The molecule has 1 amide bonds. The maximum Gasteiger partial charge on any atom is 0.241 e. The maximum atomic E-state index is 11.7. The Hall–Kier alpha value is -1.92. The molecule has 1 aromatic heterocycles. The van der Waals surface area contributed by atoms with Gasteiger partial charge in [0, 0.05) is 5.69 Å². The van der Waals surface area contributed by atoms with E-state index in [2.05, 4.69) is 15.5 Å². The molecule has 1 heterocycles. The molecule has 0 saturated carbocycles. The van der Waals surface area contributed by atoms with Crippen LogP contribution in [0.2, 0.25) is 0 Å². The molecular formula is C13H18ClN5O. The SMILES string of the molecule is CCCC(N)C(=O)Nc1ccc(-n2nccn2)cc1.Cl. The lowest BCUT2D eigenvalue weighted by Crippen LogP contribution is -2.35. The lowest BCUT2D eigenvalue weighted by molar-refractivity contribution is -0.117. The molecule has 2 rings (SSSR count). The number of carbonyl (C=O) groups excluding carboxylic acids is 1. The Morgan fingerprint density at radius 3 is 2.45 bits per heavy atom. The van der Waals surface area contributed by atoms with Gasteiger partial charge in [0.05, 0.1) is 24.1 Å². The average molecular weight is 296 g/mol. The van der Waals surface area contributed by atoms with Crippen LogP contribution >= 0.6 is 12.4 Å². The van der Waals surface area contributed by atoms with Crippen LogP contribution in [0.4, 0.5) is 5.69 Å². The minimum absolute atomic E-state index is 0. The number of hydrogen-bond acceptors (Lipinski definition) is 4. The van der Waals surface area contributed by atoms with Gasteiger partial charge < -0.3 is 11.1 Å². The van der Waals surface area contributed by atoms with E-state index in [4.69, 9.17) is 5.73 Å². The van der Waals surface area contributed by atoms with E-state index in [9.17, 15) is 4.79 Å². The summed E-state index contributed by atoms with van der Waals surface area (Å²) < 4.78 is 0. The summed E-state index contributed by atoms with van der Waals surface area (Å²) in [5.41, 5.74) is 7.30. The fourth-order valence-electron chi connectivity index (χ4n) is 1.70. The Balaban J connectivity index is 0.00000200. The van der Waals surface area contributed by atoms with Crippen molar-refractivity contribution in [1.29, 1.82) is 0 Å². The third-order valence-corrected chi connectivity index (χ3v) is 2.72. The van der Waals surface area contributed by atoms with Crippen molar-refractivity contribution in [2.24, 2.45) is 5.73 Å². The van der Waals surface area contributed by atoms with E-state index in [1.165, 1.54) is 4.80 Å². The minimum Gasteiger partial charge on any atom is -0.325 e. The number of rotatable bonds is 5. The van der Waals surface area contributed by atoms with Gasteiger partial charge in [-0.05, 0) is 30.7 Å². The summed E-state index contributed by atoms with van der Waals surface area (Å²) in [6.45, 7) is 2.00. The van der Waals surface area contributed by atoms with Crippen LogP contribution in [0.25, 0.3) is 5.69 Å². The van der Waals surface area contributed by atoms with Gasteiger partial charge in [-0.25, -0.2) is 0 Å². The molecule has 20 heavy (non-hydrogen) atoms. The summed E-state index contributed by atoms with van der Waals surface area (Å²) in [6, 6.07) is 6.81. The molecule has 0 aliphatic rings. The molecule has 0 spiro atoms. The summed E-state index contributed by atoms with van der Waals surface area (Å²) >= 11 is 0. The Kier molecular flexibility index (Phi) is 6.14. The molecule has 2 aromatic rings. The van der Waals surface area contributed by atoms with E-state index in [0.29, 0.717) is 12.1 Å². The van der Waals surface area contributed by atoms with Crippen LogP contribution in [-0.4, -0.2) is 26.9 Å². The van der Waals surface area contributed by atoms with Gasteiger partial charge in [0.15, 0.2) is 0 Å². The van der Waals surface area contributed by atoms with Crippen LogP contribution < -0.4 is 11.1 Å². The third kappa shape index (κ3) is 4.04. The summed E-state index contributed by atoms with van der Waals surface area (Å²) in [5, 5.41) is 10.8. The van der Waals surface area contributed by atoms with Crippen LogP contribution in [-0.2, 0) is 4.79 Å². The first-order chi connectivity index (χ1) is 9.20. The van der Waals surface area contributed by atoms with Gasteiger partial charge in [-0.15, -0.1) is 12.4 Å². The predicted octanol–water partition coefficient (Wildman–Crippen LogP) is 1.75. The standard InChI is InChI=1S/C13H17N5O.ClH/c1-2-3-12(14)13(19)17-10-4-6-11(7-5-10)18-15-8-9-16-18;/h4-9,12H,2-3,14H2,1H3,(H,17,19);1H. The molecule has 108 valence electrons. The van der Waals surface area contributed by atoms with Gasteiger partial charge in [-0.1, -0.05) is 13.3 Å². The van der Waals surface area contributed by atoms with Crippen molar-refractivity contribution in [1.82, 2.24) is 15.0 Å². The van der Waals surface area contributed by atoms with Gasteiger partial charge in [-0.3, -0.25) is 4.79 Å². The van der Waals surface area contributed by atoms with E-state index in [1.54, 1.807) is 24.5 Å². The molecule has 0 aliphatic carbocycles. The van der Waals surface area contributed by atoms with Crippen LogP contribution in [0.5, 0.6) is 0 Å². The highest BCUT2D eigenvalue weighted by atomic mass is 35.5. The van der Waals surface area contributed by atoms with Crippen molar-refractivity contribution in [2.45, 2.75) is 25.8 Å². The molecule has 6 nitrogen and oxygen atoms in total. The number of carbonyl (C=O) groups is 1. The number of nitrogens with one attached hydrogen (secondary N) is 1. The molecule has 1 unspecified atom stereocenters. The maximum absolute atomic E-state index is 11.7. The normalized spacial score (nSPS) is 11.5. The van der Waals surface area contributed by atoms with Crippen molar-refractivity contribution < 1.29 is 4.79 Å². The fraction of sp³-hybridized carbons (Fsp3) is 0.308. The quantitative estimate of drug-likeness (QED) is 0.880. The summed E-state index contributed by atoms with van der Waals surface area (Å²) in [4.78, 5) is 13.3. The predicted molar refractivity (Wildman–Crippen MR) is 80.1 cm³/mol. The first kappa shape index (κ1) is 16.1. The average Bonchev–Trinajstić information content (AvgIpc) is 2.94. The van der Waals surface area contributed by atoms with Gasteiger partial charge in [-0.2, -0.15) is 15.0 Å². The summed E-state index contributed by atoms with van der Waals surface area (Å²) in [5.74, 6) is -0.160. The van der Waals surface area contributed by atoms with Gasteiger partial charge in [0.2, 0.25) is 5.91 Å². The monoisotopic (exact) mass is 295 g/mol. The number of hydrogen-bond donors (Lipinski definition) is 2. The number of halogens is 1. The second-order valence-electron chi connectivity index (χ2n) is 4.25. The highest BCUT2D eigenvalue weighted by molar-refractivity contribution is 5.94. The Morgan fingerprint density at radius 2 is 1.90 bits per heavy atom. The van der Waals surface area contributed by atoms with Gasteiger partial charge >= 0.3 is 0 Å². The number of anilines is 1. The largest absolute Gasteiger partial charge is 0.325 e. The van der Waals surface area contributed by atoms with Crippen LogP contribution in [0, 0.1) is 0 Å². The van der Waals surface area contributed by atoms with Crippen molar-refractivity contribution >= 4 is 24.0 Å². The van der Waals surface area contributed by atoms with Gasteiger partial charge in [0.1, 0.15) is 0 Å². The lowest BCUT2D eigenvalue weighted by atomic mass is 10.1. The number of nitrogens with two attached hydrogens (primary N) is 1. The zero-order chi connectivity index (χ0) is 13.7. The first-order valence-corrected chi connectivity index (χ1v) is 6.24. The van der Waals surface area contributed by atoms with E-state index < -0.39 is 6.04 Å². The molecule has 1 atom stereocenters. The number of amides is 1. The molecule has 0 bridgehead atoms. The molecule has 0 fully saturated rings. The summed E-state index contributed by atoms with van der Waals surface area (Å²) in [6.07, 6.45) is 4.79. The minimum atomic E-state index is -0.461. The molecule has 1 aromatic carbocycles. The zero-order valence-electron chi connectivity index (χ0n) is 11.2. The number of aromatic nitrogens is 3. The number of nitrogens with zero attached hydrogens (tertiary/aromatic N) is 3. The Labute approximate surface area is 123 Å². The Morgan fingerprint density at radius 1 is 1.30 bits per heavy atom. The van der Waals surface area contributed by atoms with Crippen LogP contribution in [0.3, 0.4) is 0 Å². The van der Waals surface area contributed by atoms with Crippen LogP contribution in [0.15, 0.2) is 36.7 Å². The molecule has 0 aliphatic heterocycles. The van der Waals surface area contributed by atoms with E-state index in [-0.39, 0.29) is 18.3 Å². The zero-order valence-corrected chi connectivity index (χ0v) is 12.0. The molecule has 3 N–H and O–H groups in total. The highest BCUT2D eigenvalue weighted by Crippen LogP contribution is 2.12. The van der Waals surface area contributed by atoms with Crippen molar-refractivity contribution in [3.05, 3.63) is 36.7 Å². The Bertz CT molecular complexity index is 526. The second-order valence-corrected chi connectivity index (χ2v) is 4.25. The van der Waals surface area contributed by atoms with E-state index >= 15 is 0 Å². The smallest absolute Gasteiger partial charge is 0.241 e. The molecule has 0 radical (unpaired) electrons. The highest BCUT2D eigenvalue weighted by Gasteiger charge is 2.12. The van der Waals surface area contributed by atoms with Crippen molar-refractivity contribution in [2.75, 3.05) is 5.32 Å². The number of benzene rings is 1. The van der Waals surface area contributed by atoms with Crippen molar-refractivity contribution in [3.63, 3.8) is 0 Å². The topological polar surface area (TPSA) is 85.8 Å². The molecule has 7 heteroatoms. The third-order valence-electron chi connectivity index (χ3n) is 2.72. The first-order valence-electron chi connectivity index (χ1n) is 6.24. The van der Waals surface area contributed by atoms with E-state index in [1.807, 2.05) is 19.1 Å².